The molecule has 2 aromatic rings. The Kier molecular flexibility index (Phi) is 3.99. The number of hydrogen-bond acceptors (Lipinski definition) is 6. The Labute approximate surface area is 119 Å². The van der Waals surface area contributed by atoms with Crippen molar-refractivity contribution in [1.82, 2.24) is 9.97 Å². The first-order valence-corrected chi connectivity index (χ1v) is 5.83. The number of halogens is 1. The summed E-state index contributed by atoms with van der Waals surface area (Å²) >= 11 is 5.77. The molecule has 0 radical (unpaired) electrons. The van der Waals surface area contributed by atoms with E-state index in [4.69, 9.17) is 21.1 Å². The lowest BCUT2D eigenvalue weighted by atomic mass is 10.1. The Morgan fingerprint density at radius 2 is 2.00 bits per heavy atom. The number of aromatic nitrogens is 2. The van der Waals surface area contributed by atoms with E-state index in [0.717, 1.165) is 6.33 Å². The van der Waals surface area contributed by atoms with Gasteiger partial charge in [0.1, 0.15) is 17.8 Å². The summed E-state index contributed by atoms with van der Waals surface area (Å²) in [5.74, 6) is 0.954. The highest BCUT2D eigenvalue weighted by Gasteiger charge is 2.25. The fraction of sp³-hybridized carbons (Fsp3) is 0.167. The molecule has 0 aliphatic rings. The average molecular weight is 296 g/mol. The van der Waals surface area contributed by atoms with Crippen LogP contribution < -0.4 is 9.47 Å². The van der Waals surface area contributed by atoms with Gasteiger partial charge in [0.05, 0.1) is 19.1 Å². The van der Waals surface area contributed by atoms with Crippen LogP contribution in [0.4, 0.5) is 5.69 Å². The van der Waals surface area contributed by atoms with E-state index < -0.39 is 4.92 Å². The third-order valence-corrected chi connectivity index (χ3v) is 2.90. The van der Waals surface area contributed by atoms with E-state index in [0.29, 0.717) is 17.1 Å². The number of nitrogens with zero attached hydrogens (tertiary/aromatic N) is 3. The summed E-state index contributed by atoms with van der Waals surface area (Å²) in [5, 5.41) is 10.9. The number of ether oxygens (including phenoxy) is 2. The van der Waals surface area contributed by atoms with Crippen LogP contribution in [0.25, 0.3) is 11.3 Å². The van der Waals surface area contributed by atoms with Gasteiger partial charge in [-0.05, 0) is 12.1 Å². The van der Waals surface area contributed by atoms with Gasteiger partial charge in [-0.1, -0.05) is 11.6 Å². The molecule has 104 valence electrons. The molecule has 0 bridgehead atoms. The standard InChI is InChI=1S/C12H10ClN3O4/c1-19-7-3-4-8(9(5-7)20-2)10-11(16(17)18)12(13)15-6-14-10/h3-6H,1-2H3. The van der Waals surface area contributed by atoms with Gasteiger partial charge in [0, 0.05) is 11.6 Å². The largest absolute Gasteiger partial charge is 0.497 e. The second kappa shape index (κ2) is 5.70. The van der Waals surface area contributed by atoms with Crippen molar-refractivity contribution in [1.29, 1.82) is 0 Å². The van der Waals surface area contributed by atoms with Crippen LogP contribution in [0.5, 0.6) is 11.5 Å². The van der Waals surface area contributed by atoms with Gasteiger partial charge in [-0.2, -0.15) is 0 Å². The maximum Gasteiger partial charge on any atom is 0.332 e. The Bertz CT molecular complexity index is 663. The molecular formula is C12H10ClN3O4. The molecule has 0 N–H and O–H groups in total. The van der Waals surface area contributed by atoms with Crippen molar-refractivity contribution in [2.24, 2.45) is 0 Å². The van der Waals surface area contributed by atoms with Gasteiger partial charge in [0.25, 0.3) is 0 Å². The minimum atomic E-state index is -0.624. The molecule has 0 unspecified atom stereocenters. The predicted octanol–water partition coefficient (Wildman–Crippen LogP) is 2.72. The Hall–Kier alpha value is -2.41. The Morgan fingerprint density at radius 1 is 1.25 bits per heavy atom. The molecule has 2 rings (SSSR count). The number of rotatable bonds is 4. The van der Waals surface area contributed by atoms with Crippen LogP contribution in [0.3, 0.4) is 0 Å². The van der Waals surface area contributed by atoms with E-state index in [9.17, 15) is 10.1 Å². The van der Waals surface area contributed by atoms with Gasteiger partial charge in [0.2, 0.25) is 5.15 Å². The van der Waals surface area contributed by atoms with Crippen LogP contribution in [0.15, 0.2) is 24.5 Å². The minimum Gasteiger partial charge on any atom is -0.497 e. The zero-order chi connectivity index (χ0) is 14.7. The molecule has 0 saturated carbocycles. The third kappa shape index (κ3) is 2.48. The molecule has 7 nitrogen and oxygen atoms in total. The minimum absolute atomic E-state index is 0.0921. The summed E-state index contributed by atoms with van der Waals surface area (Å²) in [4.78, 5) is 18.1. The average Bonchev–Trinajstić information content (AvgIpc) is 2.45. The van der Waals surface area contributed by atoms with Crippen molar-refractivity contribution in [2.75, 3.05) is 14.2 Å². The lowest BCUT2D eigenvalue weighted by molar-refractivity contribution is -0.384. The Balaban J connectivity index is 2.68. The molecule has 1 heterocycles. The molecule has 0 fully saturated rings. The van der Waals surface area contributed by atoms with E-state index in [1.165, 1.54) is 14.2 Å². The zero-order valence-corrected chi connectivity index (χ0v) is 11.4. The second-order valence-electron chi connectivity index (χ2n) is 3.69. The molecule has 0 aliphatic carbocycles. The fourth-order valence-electron chi connectivity index (χ4n) is 1.71. The maximum atomic E-state index is 11.1. The van der Waals surface area contributed by atoms with E-state index in [-0.39, 0.29) is 16.5 Å². The molecule has 8 heteroatoms. The highest BCUT2D eigenvalue weighted by Crippen LogP contribution is 2.38. The van der Waals surface area contributed by atoms with Gasteiger partial charge in [-0.25, -0.2) is 9.97 Å². The highest BCUT2D eigenvalue weighted by atomic mass is 35.5. The van der Waals surface area contributed by atoms with Crippen LogP contribution in [-0.2, 0) is 0 Å². The molecule has 0 amide bonds. The van der Waals surface area contributed by atoms with Crippen LogP contribution >= 0.6 is 11.6 Å². The van der Waals surface area contributed by atoms with E-state index in [2.05, 4.69) is 9.97 Å². The van der Waals surface area contributed by atoms with Gasteiger partial charge >= 0.3 is 5.69 Å². The van der Waals surface area contributed by atoms with Crippen molar-refractivity contribution < 1.29 is 14.4 Å². The zero-order valence-electron chi connectivity index (χ0n) is 10.7. The molecule has 0 aliphatic heterocycles. The molecule has 0 spiro atoms. The SMILES string of the molecule is COc1ccc(-c2ncnc(Cl)c2[N+](=O)[O-])c(OC)c1. The molecule has 20 heavy (non-hydrogen) atoms. The molecule has 0 atom stereocenters. The predicted molar refractivity (Wildman–Crippen MR) is 72.2 cm³/mol. The van der Waals surface area contributed by atoms with Gasteiger partial charge in [0.15, 0.2) is 5.69 Å². The van der Waals surface area contributed by atoms with Crippen LogP contribution in [0, 0.1) is 10.1 Å². The van der Waals surface area contributed by atoms with E-state index in [1.807, 2.05) is 0 Å². The van der Waals surface area contributed by atoms with Crippen molar-refractivity contribution in [2.45, 2.75) is 0 Å². The van der Waals surface area contributed by atoms with Crippen LogP contribution in [0.2, 0.25) is 5.15 Å². The first-order chi connectivity index (χ1) is 9.58. The van der Waals surface area contributed by atoms with Gasteiger partial charge in [-0.15, -0.1) is 0 Å². The molecule has 1 aromatic heterocycles. The summed E-state index contributed by atoms with van der Waals surface area (Å²) in [6.45, 7) is 0. The first-order valence-electron chi connectivity index (χ1n) is 5.45. The summed E-state index contributed by atoms with van der Waals surface area (Å²) in [6.07, 6.45) is 1.16. The van der Waals surface area contributed by atoms with E-state index >= 15 is 0 Å². The Morgan fingerprint density at radius 3 is 2.60 bits per heavy atom. The number of benzene rings is 1. The quantitative estimate of drug-likeness (QED) is 0.489. The number of nitro groups is 1. The van der Waals surface area contributed by atoms with Crippen LogP contribution in [-0.4, -0.2) is 29.1 Å². The summed E-state index contributed by atoms with van der Waals surface area (Å²) in [5.41, 5.74) is 0.163. The topological polar surface area (TPSA) is 87.4 Å². The smallest absolute Gasteiger partial charge is 0.332 e. The van der Waals surface area contributed by atoms with E-state index in [1.54, 1.807) is 18.2 Å². The summed E-state index contributed by atoms with van der Waals surface area (Å²) in [6, 6.07) is 4.87. The van der Waals surface area contributed by atoms with Gasteiger partial charge < -0.3 is 9.47 Å². The first kappa shape index (κ1) is 14.0. The number of hydrogen-bond donors (Lipinski definition) is 0. The van der Waals surface area contributed by atoms with Crippen molar-refractivity contribution in [3.63, 3.8) is 0 Å². The number of methoxy groups -OCH3 is 2. The normalized spacial score (nSPS) is 10.2. The monoisotopic (exact) mass is 295 g/mol. The highest BCUT2D eigenvalue weighted by molar-refractivity contribution is 6.31. The van der Waals surface area contributed by atoms with Crippen molar-refractivity contribution in [3.05, 3.63) is 39.8 Å². The van der Waals surface area contributed by atoms with Crippen molar-refractivity contribution in [3.8, 4) is 22.8 Å². The molecule has 1 aromatic carbocycles. The summed E-state index contributed by atoms with van der Waals surface area (Å²) < 4.78 is 10.3. The van der Waals surface area contributed by atoms with Gasteiger partial charge in [-0.3, -0.25) is 10.1 Å². The summed E-state index contributed by atoms with van der Waals surface area (Å²) in [7, 11) is 2.96. The fourth-order valence-corrected chi connectivity index (χ4v) is 1.91. The maximum absolute atomic E-state index is 11.1. The third-order valence-electron chi connectivity index (χ3n) is 2.62. The van der Waals surface area contributed by atoms with Crippen molar-refractivity contribution >= 4 is 17.3 Å². The van der Waals surface area contributed by atoms with Crippen LogP contribution in [0.1, 0.15) is 0 Å². The molecule has 0 saturated heterocycles. The second-order valence-corrected chi connectivity index (χ2v) is 4.04. The lowest BCUT2D eigenvalue weighted by Gasteiger charge is -2.10. The lowest BCUT2D eigenvalue weighted by Crippen LogP contribution is -1.99. The molecular weight excluding hydrogens is 286 g/mol.